The Hall–Kier alpha value is -2.65. The highest BCUT2D eigenvalue weighted by Crippen LogP contribution is 2.24. The quantitative estimate of drug-likeness (QED) is 0.531. The van der Waals surface area contributed by atoms with Crippen LogP contribution in [-0.2, 0) is 6.42 Å². The van der Waals surface area contributed by atoms with Gasteiger partial charge in [-0.15, -0.1) is 0 Å². The first-order valence-corrected chi connectivity index (χ1v) is 10.3. The van der Waals surface area contributed by atoms with Crippen LogP contribution in [0.25, 0.3) is 22.9 Å². The number of likely N-dealkylation sites (tertiary alicyclic amines) is 1. The molecule has 0 radical (unpaired) electrons. The van der Waals surface area contributed by atoms with E-state index in [0.717, 1.165) is 24.7 Å². The van der Waals surface area contributed by atoms with Crippen molar-refractivity contribution >= 4 is 11.7 Å². The van der Waals surface area contributed by atoms with Crippen molar-refractivity contribution in [3.05, 3.63) is 78.3 Å². The molecule has 0 amide bonds. The molecule has 0 saturated carbocycles. The Morgan fingerprint density at radius 2 is 2.04 bits per heavy atom. The third kappa shape index (κ3) is 3.95. The molecule has 144 valence electrons. The van der Waals surface area contributed by atoms with Gasteiger partial charge in [0.1, 0.15) is 5.65 Å². The van der Waals surface area contributed by atoms with Crippen molar-refractivity contribution in [3.63, 3.8) is 0 Å². The summed E-state index contributed by atoms with van der Waals surface area (Å²) in [5.74, 6) is 0. The Balaban J connectivity index is 1.56. The maximum Gasteiger partial charge on any atom is 0.137 e. The predicted octanol–water partition coefficient (Wildman–Crippen LogP) is 5.54. The average molecular weight is 372 g/mol. The first-order chi connectivity index (χ1) is 13.6. The van der Waals surface area contributed by atoms with Crippen molar-refractivity contribution in [2.45, 2.75) is 39.2 Å². The van der Waals surface area contributed by atoms with Crippen LogP contribution in [0.2, 0.25) is 0 Å². The number of hydrogen-bond donors (Lipinski definition) is 0. The van der Waals surface area contributed by atoms with Crippen LogP contribution >= 0.6 is 0 Å². The van der Waals surface area contributed by atoms with Crippen LogP contribution in [0.3, 0.4) is 0 Å². The molecule has 3 heterocycles. The Morgan fingerprint density at radius 3 is 2.82 bits per heavy atom. The molecule has 1 aromatic carbocycles. The van der Waals surface area contributed by atoms with Gasteiger partial charge in [0.25, 0.3) is 0 Å². The van der Waals surface area contributed by atoms with E-state index in [1.807, 2.05) is 12.2 Å². The molecule has 0 bridgehead atoms. The Bertz CT molecular complexity index is 1010. The molecule has 0 spiro atoms. The molecule has 0 N–H and O–H groups in total. The fraction of sp³-hybridized carbons (Fsp3) is 0.320. The van der Waals surface area contributed by atoms with E-state index in [9.17, 15) is 0 Å². The number of nitrogens with zero attached hydrogens (tertiary/aromatic N) is 3. The first kappa shape index (κ1) is 18.7. The lowest BCUT2D eigenvalue weighted by Crippen LogP contribution is -2.29. The summed E-state index contributed by atoms with van der Waals surface area (Å²) in [6.07, 6.45) is 14.0. The van der Waals surface area contributed by atoms with Crippen LogP contribution in [-0.4, -0.2) is 33.4 Å². The van der Waals surface area contributed by atoms with E-state index in [4.69, 9.17) is 4.98 Å². The minimum atomic E-state index is 0.717. The van der Waals surface area contributed by atoms with Crippen LogP contribution in [0, 0.1) is 6.92 Å². The number of pyridine rings is 1. The number of aromatic nitrogens is 2. The average Bonchev–Trinajstić information content (AvgIpc) is 3.30. The third-order valence-corrected chi connectivity index (χ3v) is 5.87. The summed E-state index contributed by atoms with van der Waals surface area (Å²) in [4.78, 5) is 7.40. The second-order valence-electron chi connectivity index (χ2n) is 7.86. The minimum Gasteiger partial charge on any atom is -0.306 e. The molecule has 1 aliphatic heterocycles. The van der Waals surface area contributed by atoms with Gasteiger partial charge in [-0.1, -0.05) is 36.9 Å². The molecule has 3 nitrogen and oxygen atoms in total. The van der Waals surface area contributed by atoms with Crippen LogP contribution in [0.4, 0.5) is 0 Å². The van der Waals surface area contributed by atoms with Gasteiger partial charge >= 0.3 is 0 Å². The van der Waals surface area contributed by atoms with Crippen LogP contribution < -0.4 is 0 Å². The van der Waals surface area contributed by atoms with Crippen molar-refractivity contribution in [1.29, 1.82) is 0 Å². The highest BCUT2D eigenvalue weighted by Gasteiger charge is 2.19. The monoisotopic (exact) mass is 371 g/mol. The molecule has 2 aromatic heterocycles. The molecule has 0 unspecified atom stereocenters. The molecule has 3 aromatic rings. The molecule has 1 aliphatic rings. The number of benzene rings is 1. The van der Waals surface area contributed by atoms with E-state index >= 15 is 0 Å². The summed E-state index contributed by atoms with van der Waals surface area (Å²) in [6, 6.07) is 11.6. The molecule has 1 saturated heterocycles. The number of allylic oxidation sites excluding steroid dienone is 2. The zero-order valence-electron chi connectivity index (χ0n) is 16.9. The Kier molecular flexibility index (Phi) is 5.45. The van der Waals surface area contributed by atoms with Crippen molar-refractivity contribution in [2.24, 2.45) is 0 Å². The van der Waals surface area contributed by atoms with Crippen LogP contribution in [0.1, 0.15) is 36.6 Å². The van der Waals surface area contributed by atoms with Crippen molar-refractivity contribution in [1.82, 2.24) is 14.3 Å². The molecule has 1 fully saturated rings. The normalized spacial score (nSPS) is 17.7. The number of imidazole rings is 1. The highest BCUT2D eigenvalue weighted by atomic mass is 15.2. The summed E-state index contributed by atoms with van der Waals surface area (Å²) in [5.41, 5.74) is 7.12. The van der Waals surface area contributed by atoms with Gasteiger partial charge in [-0.05, 0) is 73.7 Å². The summed E-state index contributed by atoms with van der Waals surface area (Å²) in [7, 11) is 0. The van der Waals surface area contributed by atoms with Gasteiger partial charge in [-0.2, -0.15) is 0 Å². The van der Waals surface area contributed by atoms with Gasteiger partial charge in [0.2, 0.25) is 0 Å². The topological polar surface area (TPSA) is 20.5 Å². The van der Waals surface area contributed by atoms with Gasteiger partial charge in [0.15, 0.2) is 0 Å². The number of fused-ring (bicyclic) bond motifs is 1. The first-order valence-electron chi connectivity index (χ1n) is 10.3. The molecule has 28 heavy (non-hydrogen) atoms. The molecule has 0 aliphatic carbocycles. The maximum atomic E-state index is 4.82. The number of rotatable bonds is 6. The number of hydrogen-bond acceptors (Lipinski definition) is 2. The minimum absolute atomic E-state index is 0.717. The van der Waals surface area contributed by atoms with E-state index in [-0.39, 0.29) is 0 Å². The second-order valence-corrected chi connectivity index (χ2v) is 7.86. The summed E-state index contributed by atoms with van der Waals surface area (Å²) < 4.78 is 2.16. The SMILES string of the molecule is C=C/C=C\c1cc(-c2ccc3nc(CCN4CCC[C@H]4C)cn3c2)ccc1C. The lowest BCUT2D eigenvalue weighted by molar-refractivity contribution is 0.271. The lowest BCUT2D eigenvalue weighted by atomic mass is 10.0. The van der Waals surface area contributed by atoms with Gasteiger partial charge in [0, 0.05) is 31.4 Å². The number of aryl methyl sites for hydroxylation is 1. The Morgan fingerprint density at radius 1 is 1.18 bits per heavy atom. The molecule has 3 heteroatoms. The van der Waals surface area contributed by atoms with Crippen molar-refractivity contribution in [2.75, 3.05) is 13.1 Å². The summed E-state index contributed by atoms with van der Waals surface area (Å²) in [5, 5.41) is 0. The van der Waals surface area contributed by atoms with E-state index in [1.165, 1.54) is 47.3 Å². The summed E-state index contributed by atoms with van der Waals surface area (Å²) >= 11 is 0. The summed E-state index contributed by atoms with van der Waals surface area (Å²) in [6.45, 7) is 10.6. The zero-order valence-corrected chi connectivity index (χ0v) is 16.9. The van der Waals surface area contributed by atoms with Crippen molar-refractivity contribution in [3.8, 4) is 11.1 Å². The van der Waals surface area contributed by atoms with Gasteiger partial charge < -0.3 is 9.30 Å². The molecule has 1 atom stereocenters. The fourth-order valence-corrected chi connectivity index (χ4v) is 4.09. The van der Waals surface area contributed by atoms with Gasteiger partial charge in [-0.25, -0.2) is 4.98 Å². The molecular formula is C25H29N3. The van der Waals surface area contributed by atoms with Crippen LogP contribution in [0.15, 0.2) is 61.5 Å². The van der Waals surface area contributed by atoms with E-state index in [2.05, 4.69) is 78.5 Å². The van der Waals surface area contributed by atoms with E-state index in [1.54, 1.807) is 0 Å². The second kappa shape index (κ2) is 8.15. The smallest absolute Gasteiger partial charge is 0.137 e. The molecular weight excluding hydrogens is 342 g/mol. The Labute approximate surface area is 168 Å². The van der Waals surface area contributed by atoms with Gasteiger partial charge in [0.05, 0.1) is 5.69 Å². The standard InChI is InChI=1S/C25H29N3/c1-4-5-8-21-16-22(10-9-19(21)2)23-11-12-25-26-24(18-28(25)17-23)13-15-27-14-6-7-20(27)3/h4-5,8-12,16-18,20H,1,6-7,13-15H2,2-3H3/b8-5-/t20-/m1/s1. The predicted molar refractivity (Wildman–Crippen MR) is 119 cm³/mol. The van der Waals surface area contributed by atoms with Crippen molar-refractivity contribution < 1.29 is 0 Å². The largest absolute Gasteiger partial charge is 0.306 e. The lowest BCUT2D eigenvalue weighted by Gasteiger charge is -2.19. The van der Waals surface area contributed by atoms with Crippen LogP contribution in [0.5, 0.6) is 0 Å². The zero-order chi connectivity index (χ0) is 19.5. The maximum absolute atomic E-state index is 4.82. The van der Waals surface area contributed by atoms with Gasteiger partial charge in [-0.3, -0.25) is 0 Å². The molecule has 4 rings (SSSR count). The highest BCUT2D eigenvalue weighted by molar-refractivity contribution is 5.70. The fourth-order valence-electron chi connectivity index (χ4n) is 4.09. The van der Waals surface area contributed by atoms with E-state index in [0.29, 0.717) is 0 Å². The van der Waals surface area contributed by atoms with E-state index < -0.39 is 0 Å². The third-order valence-electron chi connectivity index (χ3n) is 5.87.